The van der Waals surface area contributed by atoms with E-state index in [0.29, 0.717) is 0 Å². The number of aromatic nitrogens is 2. The predicted octanol–water partition coefficient (Wildman–Crippen LogP) is 1.90. The second-order valence-corrected chi connectivity index (χ2v) is 4.05. The van der Waals surface area contributed by atoms with Crippen LogP contribution >= 0.6 is 11.3 Å². The summed E-state index contributed by atoms with van der Waals surface area (Å²) in [5, 5.41) is 5.35. The van der Waals surface area contributed by atoms with Gasteiger partial charge in [-0.25, -0.2) is 4.98 Å². The molecule has 3 nitrogen and oxygen atoms in total. The topological polar surface area (TPSA) is 29.3 Å². The molecular weight excluding hydrogens is 206 g/mol. The lowest BCUT2D eigenvalue weighted by molar-refractivity contribution is 0.691. The molecule has 0 saturated heterocycles. The summed E-state index contributed by atoms with van der Waals surface area (Å²) in [6.45, 7) is 3.61. The number of fused-ring (bicyclic) bond motifs is 1. The van der Waals surface area contributed by atoms with Crippen LogP contribution in [-0.4, -0.2) is 15.9 Å². The Hall–Kier alpha value is -1.31. The van der Waals surface area contributed by atoms with Crippen molar-refractivity contribution in [2.75, 3.05) is 6.54 Å². The maximum atomic E-state index is 4.47. The van der Waals surface area contributed by atoms with Crippen LogP contribution in [0, 0.1) is 11.8 Å². The van der Waals surface area contributed by atoms with Crippen molar-refractivity contribution in [1.29, 1.82) is 0 Å². The molecule has 2 rings (SSSR count). The summed E-state index contributed by atoms with van der Waals surface area (Å²) in [6, 6.07) is 0. The average molecular weight is 219 g/mol. The van der Waals surface area contributed by atoms with E-state index in [-0.39, 0.29) is 0 Å². The van der Waals surface area contributed by atoms with E-state index in [1.165, 1.54) is 0 Å². The fraction of sp³-hybridized carbons (Fsp3) is 0.364. The number of hydrogen-bond acceptors (Lipinski definition) is 3. The van der Waals surface area contributed by atoms with Gasteiger partial charge in [0.25, 0.3) is 0 Å². The van der Waals surface area contributed by atoms with Crippen LogP contribution in [0.4, 0.5) is 0 Å². The molecule has 1 N–H and O–H groups in total. The number of rotatable bonds is 4. The Labute approximate surface area is 93.1 Å². The normalized spacial score (nSPS) is 10.2. The molecule has 0 radical (unpaired) electrons. The number of thiazole rings is 1. The quantitative estimate of drug-likeness (QED) is 0.628. The Morgan fingerprint density at radius 3 is 3.33 bits per heavy atom. The summed E-state index contributed by atoms with van der Waals surface area (Å²) in [5.74, 6) is 5.90. The molecule has 0 saturated carbocycles. The average Bonchev–Trinajstić information content (AvgIpc) is 2.77. The summed E-state index contributed by atoms with van der Waals surface area (Å²) < 4.78 is 2.05. The van der Waals surface area contributed by atoms with Crippen LogP contribution in [0.3, 0.4) is 0 Å². The van der Waals surface area contributed by atoms with Gasteiger partial charge in [-0.3, -0.25) is 4.40 Å². The van der Waals surface area contributed by atoms with Crippen molar-refractivity contribution in [2.24, 2.45) is 0 Å². The fourth-order valence-electron chi connectivity index (χ4n) is 1.35. The second kappa shape index (κ2) is 4.96. The van der Waals surface area contributed by atoms with Crippen molar-refractivity contribution in [2.45, 2.75) is 19.9 Å². The lowest BCUT2D eigenvalue weighted by Gasteiger charge is -1.97. The molecule has 0 aliphatic heterocycles. The first kappa shape index (κ1) is 10.2. The smallest absolute Gasteiger partial charge is 0.193 e. The Bertz CT molecular complexity index is 458. The van der Waals surface area contributed by atoms with Crippen molar-refractivity contribution >= 4 is 16.3 Å². The fourth-order valence-corrected chi connectivity index (χ4v) is 2.07. The van der Waals surface area contributed by atoms with E-state index in [1.807, 2.05) is 22.9 Å². The van der Waals surface area contributed by atoms with E-state index in [4.69, 9.17) is 0 Å². The predicted molar refractivity (Wildman–Crippen MR) is 62.8 cm³/mol. The van der Waals surface area contributed by atoms with Crippen LogP contribution in [0.5, 0.6) is 0 Å². The van der Waals surface area contributed by atoms with Crippen LogP contribution in [0.25, 0.3) is 4.96 Å². The molecule has 0 spiro atoms. The zero-order valence-electron chi connectivity index (χ0n) is 8.66. The van der Waals surface area contributed by atoms with Gasteiger partial charge in [0.05, 0.1) is 5.69 Å². The highest BCUT2D eigenvalue weighted by atomic mass is 32.1. The van der Waals surface area contributed by atoms with Gasteiger partial charge < -0.3 is 5.32 Å². The summed E-state index contributed by atoms with van der Waals surface area (Å²) in [5.41, 5.74) is 1.09. The molecule has 2 heterocycles. The molecule has 2 aromatic rings. The van der Waals surface area contributed by atoms with Gasteiger partial charge in [0.15, 0.2) is 4.96 Å². The van der Waals surface area contributed by atoms with Crippen molar-refractivity contribution < 1.29 is 0 Å². The molecule has 4 heteroatoms. The molecule has 0 amide bonds. The van der Waals surface area contributed by atoms with E-state index in [0.717, 1.165) is 30.2 Å². The molecule has 2 aromatic heterocycles. The largest absolute Gasteiger partial charge is 0.310 e. The second-order valence-electron chi connectivity index (χ2n) is 3.18. The van der Waals surface area contributed by atoms with E-state index in [9.17, 15) is 0 Å². The highest BCUT2D eigenvalue weighted by molar-refractivity contribution is 7.15. The Kier molecular flexibility index (Phi) is 3.38. The molecular formula is C11H13N3S. The SMILES string of the molecule is CC#CCCNCc1cn2ccsc2n1. The molecule has 0 unspecified atom stereocenters. The third-order valence-electron chi connectivity index (χ3n) is 2.05. The minimum absolute atomic E-state index is 0.819. The van der Waals surface area contributed by atoms with E-state index >= 15 is 0 Å². The molecule has 0 fully saturated rings. The van der Waals surface area contributed by atoms with Gasteiger partial charge in [0.1, 0.15) is 0 Å². The van der Waals surface area contributed by atoms with E-state index in [2.05, 4.69) is 28.3 Å². The molecule has 0 aliphatic rings. The Balaban J connectivity index is 1.84. The first-order valence-corrected chi connectivity index (χ1v) is 5.79. The molecule has 0 aliphatic carbocycles. The van der Waals surface area contributed by atoms with Crippen LogP contribution in [-0.2, 0) is 6.54 Å². The molecule has 78 valence electrons. The van der Waals surface area contributed by atoms with E-state index < -0.39 is 0 Å². The van der Waals surface area contributed by atoms with Gasteiger partial charge in [-0.1, -0.05) is 0 Å². The van der Waals surface area contributed by atoms with Crippen molar-refractivity contribution in [3.63, 3.8) is 0 Å². The summed E-state index contributed by atoms with van der Waals surface area (Å²) >= 11 is 1.66. The Morgan fingerprint density at radius 1 is 1.60 bits per heavy atom. The summed E-state index contributed by atoms with van der Waals surface area (Å²) in [6.07, 6.45) is 4.99. The number of nitrogens with one attached hydrogen (secondary N) is 1. The molecule has 0 atom stereocenters. The van der Waals surface area contributed by atoms with Gasteiger partial charge in [-0.2, -0.15) is 0 Å². The van der Waals surface area contributed by atoms with Gasteiger partial charge in [-0.05, 0) is 6.92 Å². The molecule has 0 aromatic carbocycles. The van der Waals surface area contributed by atoms with Gasteiger partial charge in [-0.15, -0.1) is 23.2 Å². The Morgan fingerprint density at radius 2 is 2.53 bits per heavy atom. The maximum absolute atomic E-state index is 4.47. The summed E-state index contributed by atoms with van der Waals surface area (Å²) in [4.78, 5) is 5.53. The highest BCUT2D eigenvalue weighted by Crippen LogP contribution is 2.10. The van der Waals surface area contributed by atoms with Crippen molar-refractivity contribution in [3.8, 4) is 11.8 Å². The zero-order chi connectivity index (χ0) is 10.5. The van der Waals surface area contributed by atoms with Gasteiger partial charge in [0.2, 0.25) is 0 Å². The first-order valence-electron chi connectivity index (χ1n) is 4.91. The first-order chi connectivity index (χ1) is 7.40. The lowest BCUT2D eigenvalue weighted by Crippen LogP contribution is -2.14. The van der Waals surface area contributed by atoms with Crippen molar-refractivity contribution in [3.05, 3.63) is 23.5 Å². The third-order valence-corrected chi connectivity index (χ3v) is 2.82. The summed E-state index contributed by atoms with van der Waals surface area (Å²) in [7, 11) is 0. The van der Waals surface area contributed by atoms with Gasteiger partial charge >= 0.3 is 0 Å². The monoisotopic (exact) mass is 219 g/mol. The maximum Gasteiger partial charge on any atom is 0.193 e. The number of imidazole rings is 1. The highest BCUT2D eigenvalue weighted by Gasteiger charge is 2.00. The van der Waals surface area contributed by atoms with Crippen molar-refractivity contribution in [1.82, 2.24) is 14.7 Å². The van der Waals surface area contributed by atoms with Gasteiger partial charge in [0, 0.05) is 37.3 Å². The van der Waals surface area contributed by atoms with E-state index in [1.54, 1.807) is 11.3 Å². The van der Waals surface area contributed by atoms with Crippen LogP contribution in [0.2, 0.25) is 0 Å². The van der Waals surface area contributed by atoms with Crippen LogP contribution in [0.1, 0.15) is 19.0 Å². The molecule has 0 bridgehead atoms. The number of nitrogens with zero attached hydrogens (tertiary/aromatic N) is 2. The zero-order valence-corrected chi connectivity index (χ0v) is 9.47. The minimum atomic E-state index is 0.819. The molecule has 15 heavy (non-hydrogen) atoms. The standard InChI is InChI=1S/C11H13N3S/c1-2-3-4-5-12-8-10-9-14-6-7-15-11(14)13-10/h6-7,9,12H,4-5,8H2,1H3. The van der Waals surface area contributed by atoms with Crippen LogP contribution < -0.4 is 5.32 Å². The lowest BCUT2D eigenvalue weighted by atomic mass is 10.4. The third kappa shape index (κ3) is 2.58. The minimum Gasteiger partial charge on any atom is -0.310 e. The van der Waals surface area contributed by atoms with Crippen LogP contribution in [0.15, 0.2) is 17.8 Å². The number of hydrogen-bond donors (Lipinski definition) is 1.